The van der Waals surface area contributed by atoms with Gasteiger partial charge in [-0.3, -0.25) is 0 Å². The van der Waals surface area contributed by atoms with E-state index < -0.39 is 11.9 Å². The number of rotatable bonds is 5. The molecule has 0 fully saturated rings. The molecule has 96 valence electrons. The first kappa shape index (κ1) is 14.1. The second kappa shape index (κ2) is 6.66. The van der Waals surface area contributed by atoms with Gasteiger partial charge in [0.15, 0.2) is 0 Å². The van der Waals surface area contributed by atoms with Crippen molar-refractivity contribution in [3.63, 3.8) is 0 Å². The molecule has 1 aromatic rings. The van der Waals surface area contributed by atoms with Crippen molar-refractivity contribution in [1.29, 1.82) is 0 Å². The standard InChI is InChI=1S/C12H12ClNO4/c1-18-12(17)8-4-5-9(13)10(7-8)14-6-2-3-11(15)16/h2-5,7,14H,6H2,1H3,(H,15,16)/b3-2+. The van der Waals surface area contributed by atoms with E-state index in [0.717, 1.165) is 6.08 Å². The van der Waals surface area contributed by atoms with Gasteiger partial charge in [0.1, 0.15) is 0 Å². The minimum atomic E-state index is -1.02. The van der Waals surface area contributed by atoms with Gasteiger partial charge in [0.25, 0.3) is 0 Å². The van der Waals surface area contributed by atoms with Gasteiger partial charge in [-0.15, -0.1) is 0 Å². The smallest absolute Gasteiger partial charge is 0.337 e. The molecule has 0 saturated carbocycles. The maximum Gasteiger partial charge on any atom is 0.337 e. The highest BCUT2D eigenvalue weighted by molar-refractivity contribution is 6.33. The number of ether oxygens (including phenoxy) is 1. The van der Waals surface area contributed by atoms with Crippen LogP contribution in [0.15, 0.2) is 30.4 Å². The number of carboxylic acid groups (broad SMARTS) is 1. The third-order valence-electron chi connectivity index (χ3n) is 2.06. The molecule has 1 rings (SSSR count). The Kier molecular flexibility index (Phi) is 5.20. The van der Waals surface area contributed by atoms with Crippen molar-refractivity contribution < 1.29 is 19.4 Å². The molecule has 0 aliphatic carbocycles. The van der Waals surface area contributed by atoms with Gasteiger partial charge in [-0.2, -0.15) is 0 Å². The summed E-state index contributed by atoms with van der Waals surface area (Å²) in [6.45, 7) is 0.288. The average Bonchev–Trinajstić information content (AvgIpc) is 2.35. The number of anilines is 1. The van der Waals surface area contributed by atoms with Gasteiger partial charge >= 0.3 is 11.9 Å². The lowest BCUT2D eigenvalue weighted by molar-refractivity contribution is -0.131. The Morgan fingerprint density at radius 2 is 2.22 bits per heavy atom. The predicted molar refractivity (Wildman–Crippen MR) is 68.1 cm³/mol. The molecule has 0 saturated heterocycles. The van der Waals surface area contributed by atoms with Crippen LogP contribution in [0.25, 0.3) is 0 Å². The van der Waals surface area contributed by atoms with Crippen LogP contribution in [-0.2, 0) is 9.53 Å². The predicted octanol–water partition coefficient (Wildman–Crippen LogP) is 2.18. The molecule has 5 nitrogen and oxygen atoms in total. The van der Waals surface area contributed by atoms with Crippen LogP contribution in [0.1, 0.15) is 10.4 Å². The molecule has 0 spiro atoms. The number of nitrogens with one attached hydrogen (secondary N) is 1. The van der Waals surface area contributed by atoms with E-state index >= 15 is 0 Å². The number of aliphatic carboxylic acids is 1. The summed E-state index contributed by atoms with van der Waals surface area (Å²) in [7, 11) is 1.29. The highest BCUT2D eigenvalue weighted by Gasteiger charge is 2.08. The van der Waals surface area contributed by atoms with Gasteiger partial charge in [-0.25, -0.2) is 9.59 Å². The van der Waals surface area contributed by atoms with Crippen molar-refractivity contribution in [3.05, 3.63) is 40.9 Å². The number of hydrogen-bond acceptors (Lipinski definition) is 4. The molecule has 0 unspecified atom stereocenters. The van der Waals surface area contributed by atoms with Gasteiger partial charge in [-0.05, 0) is 18.2 Å². The third kappa shape index (κ3) is 4.10. The van der Waals surface area contributed by atoms with E-state index in [0.29, 0.717) is 16.3 Å². The van der Waals surface area contributed by atoms with Crippen LogP contribution in [0, 0.1) is 0 Å². The molecule has 6 heteroatoms. The van der Waals surface area contributed by atoms with Crippen molar-refractivity contribution in [3.8, 4) is 0 Å². The van der Waals surface area contributed by atoms with Crippen LogP contribution in [0.5, 0.6) is 0 Å². The fourth-order valence-corrected chi connectivity index (χ4v) is 1.42. The first-order valence-corrected chi connectivity index (χ1v) is 5.43. The van der Waals surface area contributed by atoms with E-state index in [1.54, 1.807) is 18.2 Å². The molecular weight excluding hydrogens is 258 g/mol. The van der Waals surface area contributed by atoms with Gasteiger partial charge in [0.2, 0.25) is 0 Å². The normalized spacial score (nSPS) is 10.3. The van der Waals surface area contributed by atoms with Crippen molar-refractivity contribution in [2.24, 2.45) is 0 Å². The van der Waals surface area contributed by atoms with E-state index in [1.807, 2.05) is 0 Å². The molecule has 0 amide bonds. The molecule has 1 aromatic carbocycles. The molecular formula is C12H12ClNO4. The summed E-state index contributed by atoms with van der Waals surface area (Å²) in [6, 6.07) is 4.66. The van der Waals surface area contributed by atoms with E-state index in [1.165, 1.54) is 13.2 Å². The molecule has 0 bridgehead atoms. The maximum absolute atomic E-state index is 11.3. The number of methoxy groups -OCH3 is 1. The van der Waals surface area contributed by atoms with Crippen molar-refractivity contribution in [1.82, 2.24) is 0 Å². The molecule has 0 aliphatic rings. The quantitative estimate of drug-likeness (QED) is 0.633. The highest BCUT2D eigenvalue weighted by Crippen LogP contribution is 2.23. The van der Waals surface area contributed by atoms with Gasteiger partial charge in [-0.1, -0.05) is 17.7 Å². The number of carbonyl (C=O) groups excluding carboxylic acids is 1. The molecule has 0 radical (unpaired) electrons. The number of halogens is 1. The molecule has 18 heavy (non-hydrogen) atoms. The summed E-state index contributed by atoms with van der Waals surface area (Å²) in [6.07, 6.45) is 2.45. The van der Waals surface area contributed by atoms with Crippen molar-refractivity contribution in [2.45, 2.75) is 0 Å². The second-order valence-corrected chi connectivity index (χ2v) is 3.71. The number of hydrogen-bond donors (Lipinski definition) is 2. The molecule has 2 N–H and O–H groups in total. The lowest BCUT2D eigenvalue weighted by Gasteiger charge is -2.07. The van der Waals surface area contributed by atoms with E-state index in [2.05, 4.69) is 10.1 Å². The Bertz CT molecular complexity index is 485. The van der Waals surface area contributed by atoms with E-state index in [-0.39, 0.29) is 6.54 Å². The van der Waals surface area contributed by atoms with Gasteiger partial charge < -0.3 is 15.2 Å². The number of carbonyl (C=O) groups is 2. The lowest BCUT2D eigenvalue weighted by atomic mass is 10.2. The Morgan fingerprint density at radius 1 is 1.50 bits per heavy atom. The minimum absolute atomic E-state index is 0.288. The van der Waals surface area contributed by atoms with Gasteiger partial charge in [0, 0.05) is 12.6 Å². The molecule has 0 aliphatic heterocycles. The monoisotopic (exact) mass is 269 g/mol. The second-order valence-electron chi connectivity index (χ2n) is 3.31. The first-order chi connectivity index (χ1) is 8.54. The van der Waals surface area contributed by atoms with E-state index in [4.69, 9.17) is 16.7 Å². The van der Waals surface area contributed by atoms with Crippen LogP contribution in [0.2, 0.25) is 5.02 Å². The van der Waals surface area contributed by atoms with Crippen LogP contribution in [0.4, 0.5) is 5.69 Å². The summed E-state index contributed by atoms with van der Waals surface area (Å²) < 4.78 is 4.59. The maximum atomic E-state index is 11.3. The number of benzene rings is 1. The minimum Gasteiger partial charge on any atom is -0.478 e. The number of carboxylic acids is 1. The Balaban J connectivity index is 2.75. The van der Waals surface area contributed by atoms with Crippen LogP contribution in [0.3, 0.4) is 0 Å². The SMILES string of the molecule is COC(=O)c1ccc(Cl)c(NC/C=C/C(=O)O)c1. The Labute approximate surface area is 109 Å². The largest absolute Gasteiger partial charge is 0.478 e. The third-order valence-corrected chi connectivity index (χ3v) is 2.39. The lowest BCUT2D eigenvalue weighted by Crippen LogP contribution is -2.04. The fraction of sp³-hybridized carbons (Fsp3) is 0.167. The van der Waals surface area contributed by atoms with Crippen molar-refractivity contribution in [2.75, 3.05) is 19.0 Å². The average molecular weight is 270 g/mol. The molecule has 0 atom stereocenters. The number of esters is 1. The van der Waals surface area contributed by atoms with E-state index in [9.17, 15) is 9.59 Å². The topological polar surface area (TPSA) is 75.6 Å². The zero-order valence-corrected chi connectivity index (χ0v) is 10.4. The molecule has 0 aromatic heterocycles. The summed E-state index contributed by atoms with van der Waals surface area (Å²) in [5.74, 6) is -1.48. The summed E-state index contributed by atoms with van der Waals surface area (Å²) in [5.41, 5.74) is 0.904. The summed E-state index contributed by atoms with van der Waals surface area (Å²) >= 11 is 5.93. The Hall–Kier alpha value is -2.01. The fourth-order valence-electron chi connectivity index (χ4n) is 1.23. The van der Waals surface area contributed by atoms with Crippen LogP contribution in [-0.4, -0.2) is 30.7 Å². The van der Waals surface area contributed by atoms with Crippen molar-refractivity contribution >= 4 is 29.2 Å². The first-order valence-electron chi connectivity index (χ1n) is 5.06. The zero-order chi connectivity index (χ0) is 13.5. The summed E-state index contributed by atoms with van der Waals surface area (Å²) in [5, 5.41) is 11.7. The van der Waals surface area contributed by atoms with Crippen LogP contribution < -0.4 is 5.32 Å². The summed E-state index contributed by atoms with van der Waals surface area (Å²) in [4.78, 5) is 21.6. The Morgan fingerprint density at radius 3 is 2.83 bits per heavy atom. The van der Waals surface area contributed by atoms with Crippen LogP contribution >= 0.6 is 11.6 Å². The molecule has 0 heterocycles. The van der Waals surface area contributed by atoms with Gasteiger partial charge in [0.05, 0.1) is 23.4 Å². The highest BCUT2D eigenvalue weighted by atomic mass is 35.5. The zero-order valence-electron chi connectivity index (χ0n) is 9.64.